The average molecular weight is 464 g/mol. The van der Waals surface area contributed by atoms with E-state index < -0.39 is 28.7 Å². The molecule has 0 saturated carbocycles. The molecule has 0 bridgehead atoms. The molecule has 0 saturated heterocycles. The molecule has 0 fully saturated rings. The van der Waals surface area contributed by atoms with Crippen molar-refractivity contribution >= 4 is 11.0 Å². The Bertz CT molecular complexity index is 1330. The summed E-state index contributed by atoms with van der Waals surface area (Å²) >= 11 is 0. The number of hydrogen-bond acceptors (Lipinski definition) is 5. The monoisotopic (exact) mass is 464 g/mol. The van der Waals surface area contributed by atoms with E-state index in [2.05, 4.69) is 5.10 Å². The van der Waals surface area contributed by atoms with Gasteiger partial charge in [0, 0.05) is 11.8 Å². The molecular formula is C23H20F4N2O4. The molecule has 0 spiro atoms. The highest BCUT2D eigenvalue weighted by Gasteiger charge is 2.40. The van der Waals surface area contributed by atoms with Crippen molar-refractivity contribution in [3.8, 4) is 28.3 Å². The largest absolute Gasteiger partial charge is 0.493 e. The van der Waals surface area contributed by atoms with Crippen LogP contribution in [0, 0.1) is 5.82 Å². The van der Waals surface area contributed by atoms with Crippen LogP contribution < -0.4 is 14.9 Å². The first-order chi connectivity index (χ1) is 15.7. The minimum Gasteiger partial charge on any atom is -0.493 e. The minimum atomic E-state index is -4.98. The molecule has 2 heterocycles. The van der Waals surface area contributed by atoms with E-state index in [9.17, 15) is 22.4 Å². The molecule has 174 valence electrons. The van der Waals surface area contributed by atoms with Crippen molar-refractivity contribution in [1.29, 1.82) is 0 Å². The lowest BCUT2D eigenvalue weighted by Gasteiger charge is -2.14. The lowest BCUT2D eigenvalue weighted by Crippen LogP contribution is -2.16. The molecule has 0 atom stereocenters. The highest BCUT2D eigenvalue weighted by molar-refractivity contribution is 5.89. The molecule has 0 N–H and O–H groups in total. The number of aromatic nitrogens is 2. The smallest absolute Gasteiger partial charge is 0.450 e. The van der Waals surface area contributed by atoms with Gasteiger partial charge in [-0.05, 0) is 36.4 Å². The number of benzene rings is 2. The maximum absolute atomic E-state index is 13.9. The SMILES string of the molecule is CC.COc1ccc2c(=O)c(-c3cnn(-c4ccc(F)cc4)c3)c(C(F)(F)F)oc2c1OC. The van der Waals surface area contributed by atoms with Gasteiger partial charge >= 0.3 is 6.18 Å². The highest BCUT2D eigenvalue weighted by Crippen LogP contribution is 2.41. The molecule has 4 aromatic rings. The Morgan fingerprint density at radius 3 is 2.24 bits per heavy atom. The first-order valence-corrected chi connectivity index (χ1v) is 9.84. The van der Waals surface area contributed by atoms with Crippen molar-refractivity contribution in [2.75, 3.05) is 14.2 Å². The van der Waals surface area contributed by atoms with E-state index in [1.54, 1.807) is 0 Å². The van der Waals surface area contributed by atoms with Gasteiger partial charge in [-0.15, -0.1) is 0 Å². The van der Waals surface area contributed by atoms with Gasteiger partial charge in [-0.2, -0.15) is 18.3 Å². The molecule has 2 aromatic carbocycles. The molecule has 0 amide bonds. The van der Waals surface area contributed by atoms with Gasteiger partial charge in [0.1, 0.15) is 5.82 Å². The van der Waals surface area contributed by atoms with E-state index in [1.807, 2.05) is 13.8 Å². The van der Waals surface area contributed by atoms with Gasteiger partial charge in [0.15, 0.2) is 11.3 Å². The maximum atomic E-state index is 13.9. The van der Waals surface area contributed by atoms with E-state index in [0.717, 1.165) is 6.20 Å². The van der Waals surface area contributed by atoms with Crippen LogP contribution in [0.4, 0.5) is 17.6 Å². The average Bonchev–Trinajstić information content (AvgIpc) is 3.29. The zero-order valence-corrected chi connectivity index (χ0v) is 18.2. The van der Waals surface area contributed by atoms with Crippen LogP contribution in [0.3, 0.4) is 0 Å². The Labute approximate surface area is 186 Å². The molecular weight excluding hydrogens is 444 g/mol. The van der Waals surface area contributed by atoms with E-state index >= 15 is 0 Å². The lowest BCUT2D eigenvalue weighted by atomic mass is 10.0. The Morgan fingerprint density at radius 2 is 1.67 bits per heavy atom. The predicted molar refractivity (Wildman–Crippen MR) is 114 cm³/mol. The molecule has 33 heavy (non-hydrogen) atoms. The lowest BCUT2D eigenvalue weighted by molar-refractivity contribution is -0.152. The minimum absolute atomic E-state index is 0.109. The summed E-state index contributed by atoms with van der Waals surface area (Å²) in [4.78, 5) is 13.1. The van der Waals surface area contributed by atoms with Crippen LogP contribution in [0.15, 0.2) is 58.0 Å². The van der Waals surface area contributed by atoms with Gasteiger partial charge in [0.05, 0.1) is 37.1 Å². The summed E-state index contributed by atoms with van der Waals surface area (Å²) in [6, 6.07) is 7.87. The number of ether oxygens (including phenoxy) is 2. The van der Waals surface area contributed by atoms with Crippen LogP contribution in [0.1, 0.15) is 19.6 Å². The molecule has 0 aliphatic heterocycles. The predicted octanol–water partition coefficient (Wildman–Crippen LogP) is 5.85. The summed E-state index contributed by atoms with van der Waals surface area (Å²) in [6.07, 6.45) is -2.63. The molecule has 0 unspecified atom stereocenters. The summed E-state index contributed by atoms with van der Waals surface area (Å²) in [7, 11) is 2.54. The summed E-state index contributed by atoms with van der Waals surface area (Å²) < 4.78 is 71.3. The van der Waals surface area contributed by atoms with Crippen molar-refractivity contribution < 1.29 is 31.5 Å². The number of nitrogens with zero attached hydrogens (tertiary/aromatic N) is 2. The third-order valence-electron chi connectivity index (χ3n) is 4.62. The fraction of sp³-hybridized carbons (Fsp3) is 0.217. The van der Waals surface area contributed by atoms with Crippen molar-refractivity contribution in [1.82, 2.24) is 9.78 Å². The number of alkyl halides is 3. The summed E-state index contributed by atoms with van der Waals surface area (Å²) in [6.45, 7) is 4.00. The van der Waals surface area contributed by atoms with E-state index in [0.29, 0.717) is 5.69 Å². The van der Waals surface area contributed by atoms with Gasteiger partial charge in [-0.1, -0.05) is 13.8 Å². The Kier molecular flexibility index (Phi) is 6.75. The molecule has 4 rings (SSSR count). The fourth-order valence-electron chi connectivity index (χ4n) is 3.22. The van der Waals surface area contributed by atoms with Crippen LogP contribution in [-0.4, -0.2) is 24.0 Å². The van der Waals surface area contributed by atoms with Crippen LogP contribution in [0.25, 0.3) is 27.8 Å². The van der Waals surface area contributed by atoms with E-state index in [1.165, 1.54) is 61.5 Å². The van der Waals surface area contributed by atoms with E-state index in [-0.39, 0.29) is 28.0 Å². The molecule has 6 nitrogen and oxygen atoms in total. The van der Waals surface area contributed by atoms with Crippen molar-refractivity contribution in [3.63, 3.8) is 0 Å². The van der Waals surface area contributed by atoms with Crippen LogP contribution in [0.2, 0.25) is 0 Å². The number of methoxy groups -OCH3 is 2. The maximum Gasteiger partial charge on any atom is 0.450 e. The highest BCUT2D eigenvalue weighted by atomic mass is 19.4. The molecule has 0 radical (unpaired) electrons. The Hall–Kier alpha value is -3.82. The van der Waals surface area contributed by atoms with Gasteiger partial charge < -0.3 is 13.9 Å². The molecule has 0 aliphatic carbocycles. The second kappa shape index (κ2) is 9.35. The van der Waals surface area contributed by atoms with Gasteiger partial charge in [0.2, 0.25) is 16.9 Å². The fourth-order valence-corrected chi connectivity index (χ4v) is 3.22. The molecule has 10 heteroatoms. The second-order valence-electron chi connectivity index (χ2n) is 6.46. The third-order valence-corrected chi connectivity index (χ3v) is 4.62. The molecule has 0 aliphatic rings. The Balaban J connectivity index is 0.00000149. The first-order valence-electron chi connectivity index (χ1n) is 9.84. The standard InChI is InChI=1S/C21H14F4N2O4.C2H6/c1-29-15-8-7-14-17(28)16(20(21(23,24)25)31-18(14)19(15)30-2)11-9-26-27(10-11)13-5-3-12(22)4-6-13;1-2/h3-10H,1-2H3;1-2H3. The molecule has 2 aromatic heterocycles. The van der Waals surface area contributed by atoms with Crippen molar-refractivity contribution in [3.05, 3.63) is 70.6 Å². The van der Waals surface area contributed by atoms with Crippen LogP contribution >= 0.6 is 0 Å². The zero-order chi connectivity index (χ0) is 24.3. The van der Waals surface area contributed by atoms with E-state index in [4.69, 9.17) is 13.9 Å². The van der Waals surface area contributed by atoms with Gasteiger partial charge in [-0.25, -0.2) is 9.07 Å². The normalized spacial score (nSPS) is 11.2. The van der Waals surface area contributed by atoms with Crippen LogP contribution in [-0.2, 0) is 6.18 Å². The number of hydrogen-bond donors (Lipinski definition) is 0. The zero-order valence-electron chi connectivity index (χ0n) is 18.2. The number of rotatable bonds is 4. The number of fused-ring (bicyclic) bond motifs is 1. The first kappa shape index (κ1) is 23.8. The van der Waals surface area contributed by atoms with Crippen LogP contribution in [0.5, 0.6) is 11.5 Å². The topological polar surface area (TPSA) is 66.5 Å². The number of halogens is 4. The summed E-state index contributed by atoms with van der Waals surface area (Å²) in [5.74, 6) is -1.98. The third kappa shape index (κ3) is 4.41. The van der Waals surface area contributed by atoms with Gasteiger partial charge in [-0.3, -0.25) is 4.79 Å². The summed E-state index contributed by atoms with van der Waals surface area (Å²) in [5.41, 5.74) is -1.69. The quantitative estimate of drug-likeness (QED) is 0.355. The summed E-state index contributed by atoms with van der Waals surface area (Å²) in [5, 5.41) is 3.88. The Morgan fingerprint density at radius 1 is 1.00 bits per heavy atom. The van der Waals surface area contributed by atoms with Crippen molar-refractivity contribution in [2.45, 2.75) is 20.0 Å². The second-order valence-corrected chi connectivity index (χ2v) is 6.46. The van der Waals surface area contributed by atoms with Crippen molar-refractivity contribution in [2.24, 2.45) is 0 Å². The van der Waals surface area contributed by atoms with Gasteiger partial charge in [0.25, 0.3) is 0 Å².